The standard InChI is InChI=1S/C19H27N3O6/c1-11(2)20-17(25)22-15(23)12(3)27-16(24)13-8-7-9-14(10-13)21-18(26)28-19(4,5)6/h7-12H,1-6H3,(H,21,26)(H2,20,22,23,25)/t12-/m0/s1. The predicted molar refractivity (Wildman–Crippen MR) is 103 cm³/mol. The molecule has 0 fully saturated rings. The van der Waals surface area contributed by atoms with Crippen molar-refractivity contribution >= 4 is 29.7 Å². The molecule has 0 aliphatic rings. The van der Waals surface area contributed by atoms with Crippen molar-refractivity contribution in [1.82, 2.24) is 10.6 Å². The van der Waals surface area contributed by atoms with E-state index in [1.54, 1.807) is 46.8 Å². The van der Waals surface area contributed by atoms with E-state index >= 15 is 0 Å². The third kappa shape index (κ3) is 8.52. The number of benzene rings is 1. The number of hydrogen-bond donors (Lipinski definition) is 3. The van der Waals surface area contributed by atoms with Crippen LogP contribution in [0.4, 0.5) is 15.3 Å². The SMILES string of the molecule is CC(C)NC(=O)NC(=O)[C@H](C)OC(=O)c1cccc(NC(=O)OC(C)(C)C)c1. The zero-order valence-electron chi connectivity index (χ0n) is 16.9. The van der Waals surface area contributed by atoms with Gasteiger partial charge in [-0.25, -0.2) is 14.4 Å². The predicted octanol–water partition coefficient (Wildman–Crippen LogP) is 2.81. The van der Waals surface area contributed by atoms with E-state index in [4.69, 9.17) is 9.47 Å². The minimum absolute atomic E-state index is 0.125. The Morgan fingerprint density at radius 2 is 1.68 bits per heavy atom. The van der Waals surface area contributed by atoms with Gasteiger partial charge < -0.3 is 14.8 Å². The Labute approximate surface area is 164 Å². The molecule has 3 N–H and O–H groups in total. The first-order chi connectivity index (χ1) is 12.9. The summed E-state index contributed by atoms with van der Waals surface area (Å²) >= 11 is 0. The van der Waals surface area contributed by atoms with E-state index in [1.165, 1.54) is 19.1 Å². The Balaban J connectivity index is 2.68. The third-order valence-corrected chi connectivity index (χ3v) is 3.05. The molecule has 0 heterocycles. The maximum Gasteiger partial charge on any atom is 0.412 e. The number of anilines is 1. The van der Waals surface area contributed by atoms with Crippen LogP contribution in [0.1, 0.15) is 51.9 Å². The van der Waals surface area contributed by atoms with Crippen molar-refractivity contribution < 1.29 is 28.7 Å². The van der Waals surface area contributed by atoms with Crippen molar-refractivity contribution in [1.29, 1.82) is 0 Å². The van der Waals surface area contributed by atoms with Gasteiger partial charge in [-0.15, -0.1) is 0 Å². The van der Waals surface area contributed by atoms with Crippen LogP contribution in [-0.2, 0) is 14.3 Å². The Bertz CT molecular complexity index is 739. The lowest BCUT2D eigenvalue weighted by Crippen LogP contribution is -2.46. The van der Waals surface area contributed by atoms with Gasteiger partial charge in [-0.3, -0.25) is 15.4 Å². The first kappa shape index (κ1) is 22.9. The molecule has 9 heteroatoms. The summed E-state index contributed by atoms with van der Waals surface area (Å²) in [5.41, 5.74) is -0.206. The van der Waals surface area contributed by atoms with Gasteiger partial charge in [-0.05, 0) is 59.7 Å². The number of hydrogen-bond acceptors (Lipinski definition) is 6. The molecule has 0 spiro atoms. The second-order valence-corrected chi connectivity index (χ2v) is 7.37. The van der Waals surface area contributed by atoms with Crippen molar-refractivity contribution in [3.63, 3.8) is 0 Å². The Morgan fingerprint density at radius 1 is 1.04 bits per heavy atom. The lowest BCUT2D eigenvalue weighted by atomic mass is 10.2. The van der Waals surface area contributed by atoms with Gasteiger partial charge >= 0.3 is 18.1 Å². The molecule has 0 radical (unpaired) electrons. The highest BCUT2D eigenvalue weighted by atomic mass is 16.6. The highest BCUT2D eigenvalue weighted by Gasteiger charge is 2.22. The molecule has 1 rings (SSSR count). The molecular weight excluding hydrogens is 366 g/mol. The maximum absolute atomic E-state index is 12.2. The first-order valence-corrected chi connectivity index (χ1v) is 8.80. The molecule has 1 aromatic carbocycles. The molecule has 1 aromatic rings. The topological polar surface area (TPSA) is 123 Å². The molecule has 4 amide bonds. The summed E-state index contributed by atoms with van der Waals surface area (Å²) in [7, 11) is 0. The molecule has 154 valence electrons. The zero-order valence-corrected chi connectivity index (χ0v) is 16.9. The van der Waals surface area contributed by atoms with Gasteiger partial charge in [0.15, 0.2) is 6.10 Å². The summed E-state index contributed by atoms with van der Waals surface area (Å²) in [4.78, 5) is 47.5. The van der Waals surface area contributed by atoms with E-state index in [2.05, 4.69) is 16.0 Å². The third-order valence-electron chi connectivity index (χ3n) is 3.05. The number of imide groups is 1. The number of nitrogens with one attached hydrogen (secondary N) is 3. The first-order valence-electron chi connectivity index (χ1n) is 8.80. The van der Waals surface area contributed by atoms with Gasteiger partial charge in [0.2, 0.25) is 0 Å². The average molecular weight is 393 g/mol. The average Bonchev–Trinajstić information content (AvgIpc) is 2.52. The van der Waals surface area contributed by atoms with Crippen molar-refractivity contribution in [3.05, 3.63) is 29.8 Å². The van der Waals surface area contributed by atoms with Crippen molar-refractivity contribution in [2.75, 3.05) is 5.32 Å². The molecule has 0 aliphatic carbocycles. The minimum atomic E-state index is -1.19. The zero-order chi connectivity index (χ0) is 21.5. The summed E-state index contributed by atoms with van der Waals surface area (Å²) in [5, 5.41) is 7.09. The van der Waals surface area contributed by atoms with E-state index in [-0.39, 0.29) is 11.6 Å². The summed E-state index contributed by atoms with van der Waals surface area (Å²) in [5.74, 6) is -1.53. The Morgan fingerprint density at radius 3 is 2.25 bits per heavy atom. The fourth-order valence-electron chi connectivity index (χ4n) is 1.94. The van der Waals surface area contributed by atoms with Gasteiger partial charge in [0.05, 0.1) is 5.56 Å². The van der Waals surface area contributed by atoms with E-state index < -0.39 is 35.7 Å². The molecule has 1 atom stereocenters. The second kappa shape index (κ2) is 9.72. The van der Waals surface area contributed by atoms with Crippen LogP contribution in [0.25, 0.3) is 0 Å². The van der Waals surface area contributed by atoms with Crippen molar-refractivity contribution in [3.8, 4) is 0 Å². The largest absolute Gasteiger partial charge is 0.449 e. The summed E-state index contributed by atoms with van der Waals surface area (Å²) in [6.07, 6.45) is -1.85. The van der Waals surface area contributed by atoms with Crippen molar-refractivity contribution in [2.24, 2.45) is 0 Å². The normalized spacial score (nSPS) is 12.0. The fourth-order valence-corrected chi connectivity index (χ4v) is 1.94. The lowest BCUT2D eigenvalue weighted by Gasteiger charge is -2.19. The van der Waals surface area contributed by atoms with Crippen LogP contribution < -0.4 is 16.0 Å². The van der Waals surface area contributed by atoms with Gasteiger partial charge in [0, 0.05) is 11.7 Å². The fraction of sp³-hybridized carbons (Fsp3) is 0.474. The number of carbonyl (C=O) groups excluding carboxylic acids is 4. The highest BCUT2D eigenvalue weighted by molar-refractivity contribution is 5.99. The molecule has 28 heavy (non-hydrogen) atoms. The number of esters is 1. The van der Waals surface area contributed by atoms with E-state index in [9.17, 15) is 19.2 Å². The van der Waals surface area contributed by atoms with Crippen molar-refractivity contribution in [2.45, 2.75) is 59.3 Å². The molecule has 0 saturated heterocycles. The Kier molecular flexibility index (Phi) is 7.97. The van der Waals surface area contributed by atoms with Crippen LogP contribution in [0.2, 0.25) is 0 Å². The van der Waals surface area contributed by atoms with E-state index in [1.807, 2.05) is 0 Å². The monoisotopic (exact) mass is 393 g/mol. The van der Waals surface area contributed by atoms with Crippen LogP contribution >= 0.6 is 0 Å². The van der Waals surface area contributed by atoms with Gasteiger partial charge in [-0.1, -0.05) is 6.07 Å². The highest BCUT2D eigenvalue weighted by Crippen LogP contribution is 2.15. The van der Waals surface area contributed by atoms with Crippen LogP contribution in [0.15, 0.2) is 24.3 Å². The number of amides is 4. The number of carbonyl (C=O) groups is 4. The molecule has 0 aromatic heterocycles. The quantitative estimate of drug-likeness (QED) is 0.661. The molecule has 0 unspecified atom stereocenters. The summed E-state index contributed by atoms with van der Waals surface area (Å²) < 4.78 is 10.2. The van der Waals surface area contributed by atoms with Crippen LogP contribution in [0, 0.1) is 0 Å². The Hall–Kier alpha value is -3.10. The van der Waals surface area contributed by atoms with Crippen LogP contribution in [0.3, 0.4) is 0 Å². The number of urea groups is 1. The smallest absolute Gasteiger partial charge is 0.412 e. The number of rotatable bonds is 5. The van der Waals surface area contributed by atoms with Crippen LogP contribution in [0.5, 0.6) is 0 Å². The van der Waals surface area contributed by atoms with Gasteiger partial charge in [0.25, 0.3) is 5.91 Å². The van der Waals surface area contributed by atoms with Crippen LogP contribution in [-0.4, -0.2) is 41.7 Å². The molecule has 9 nitrogen and oxygen atoms in total. The molecule has 0 saturated carbocycles. The lowest BCUT2D eigenvalue weighted by molar-refractivity contribution is -0.127. The molecular formula is C19H27N3O6. The molecule has 0 bridgehead atoms. The summed E-state index contributed by atoms with van der Waals surface area (Å²) in [6, 6.07) is 5.16. The minimum Gasteiger partial charge on any atom is -0.449 e. The van der Waals surface area contributed by atoms with Gasteiger partial charge in [-0.2, -0.15) is 0 Å². The summed E-state index contributed by atoms with van der Waals surface area (Å²) in [6.45, 7) is 10.0. The van der Waals surface area contributed by atoms with E-state index in [0.717, 1.165) is 0 Å². The second-order valence-electron chi connectivity index (χ2n) is 7.37. The molecule has 0 aliphatic heterocycles. The van der Waals surface area contributed by atoms with E-state index in [0.29, 0.717) is 5.69 Å². The van der Waals surface area contributed by atoms with Gasteiger partial charge in [0.1, 0.15) is 5.60 Å². The number of ether oxygens (including phenoxy) is 2. The maximum atomic E-state index is 12.2.